The minimum Gasteiger partial charge on any atom is -0.508 e. The molecule has 2 aromatic rings. The molecule has 1 aromatic heterocycles. The SMILES string of the molecule is O=C(O)[C@@H]1N=C(c2nc3ccc(O)cc3s2)SC1F. The van der Waals surface area contributed by atoms with Crippen LogP contribution in [-0.2, 0) is 4.79 Å². The Morgan fingerprint density at radius 2 is 2.21 bits per heavy atom. The van der Waals surface area contributed by atoms with Gasteiger partial charge >= 0.3 is 5.97 Å². The number of halogens is 1. The summed E-state index contributed by atoms with van der Waals surface area (Å²) in [5.74, 6) is -1.16. The van der Waals surface area contributed by atoms with Gasteiger partial charge in [-0.15, -0.1) is 11.3 Å². The van der Waals surface area contributed by atoms with Gasteiger partial charge in [0.05, 0.1) is 10.2 Å². The predicted octanol–water partition coefficient (Wildman–Crippen LogP) is 2.24. The van der Waals surface area contributed by atoms with Gasteiger partial charge in [0.15, 0.2) is 11.5 Å². The van der Waals surface area contributed by atoms with Gasteiger partial charge in [0.1, 0.15) is 15.8 Å². The number of fused-ring (bicyclic) bond motifs is 1. The molecule has 2 N–H and O–H groups in total. The Balaban J connectivity index is 2.01. The smallest absolute Gasteiger partial charge is 0.332 e. The monoisotopic (exact) mass is 298 g/mol. The third-order valence-electron chi connectivity index (χ3n) is 2.54. The number of hydrogen-bond donors (Lipinski definition) is 2. The van der Waals surface area contributed by atoms with Crippen LogP contribution in [0.5, 0.6) is 5.75 Å². The van der Waals surface area contributed by atoms with E-state index >= 15 is 0 Å². The van der Waals surface area contributed by atoms with Gasteiger partial charge in [-0.2, -0.15) is 0 Å². The first-order chi connectivity index (χ1) is 9.04. The number of aliphatic carboxylic acids is 1. The molecule has 1 aromatic carbocycles. The fraction of sp³-hybridized carbons (Fsp3) is 0.182. The van der Waals surface area contributed by atoms with Crippen molar-refractivity contribution in [2.24, 2.45) is 4.99 Å². The second-order valence-electron chi connectivity index (χ2n) is 3.86. The van der Waals surface area contributed by atoms with Gasteiger partial charge in [0, 0.05) is 0 Å². The fourth-order valence-electron chi connectivity index (χ4n) is 1.66. The molecule has 1 aliphatic heterocycles. The fourth-order valence-corrected chi connectivity index (χ4v) is 3.66. The van der Waals surface area contributed by atoms with Crippen LogP contribution in [0.25, 0.3) is 10.2 Å². The summed E-state index contributed by atoms with van der Waals surface area (Å²) in [6, 6.07) is 3.33. The number of nitrogens with zero attached hydrogens (tertiary/aromatic N) is 2. The van der Waals surface area contributed by atoms with Crippen LogP contribution in [0.2, 0.25) is 0 Å². The van der Waals surface area contributed by atoms with Gasteiger partial charge in [0.2, 0.25) is 0 Å². The van der Waals surface area contributed by atoms with Crippen molar-refractivity contribution in [3.05, 3.63) is 23.2 Å². The van der Waals surface area contributed by atoms with E-state index in [9.17, 15) is 14.3 Å². The number of carboxylic acids is 1. The molecule has 0 bridgehead atoms. The maximum atomic E-state index is 13.5. The van der Waals surface area contributed by atoms with Gasteiger partial charge in [-0.3, -0.25) is 4.99 Å². The third-order valence-corrected chi connectivity index (χ3v) is 4.70. The highest BCUT2D eigenvalue weighted by Gasteiger charge is 2.37. The molecule has 2 atom stereocenters. The summed E-state index contributed by atoms with van der Waals surface area (Å²) < 4.78 is 14.2. The van der Waals surface area contributed by atoms with Gasteiger partial charge in [-0.05, 0) is 18.2 Å². The lowest BCUT2D eigenvalue weighted by molar-refractivity contribution is -0.139. The molecule has 2 heterocycles. The largest absolute Gasteiger partial charge is 0.508 e. The van der Waals surface area contributed by atoms with Crippen LogP contribution >= 0.6 is 23.1 Å². The van der Waals surface area contributed by atoms with Crippen LogP contribution in [0.1, 0.15) is 5.01 Å². The van der Waals surface area contributed by atoms with Crippen LogP contribution in [-0.4, -0.2) is 37.8 Å². The number of carboxylic acid groups (broad SMARTS) is 1. The van der Waals surface area contributed by atoms with E-state index in [0.29, 0.717) is 15.6 Å². The summed E-state index contributed by atoms with van der Waals surface area (Å²) in [7, 11) is 0. The first-order valence-corrected chi connectivity index (χ1v) is 6.95. The maximum absolute atomic E-state index is 13.5. The highest BCUT2D eigenvalue weighted by molar-refractivity contribution is 8.15. The summed E-state index contributed by atoms with van der Waals surface area (Å²) in [6.45, 7) is 0. The number of aromatic nitrogens is 1. The molecule has 0 aliphatic carbocycles. The van der Waals surface area contributed by atoms with E-state index in [2.05, 4.69) is 9.98 Å². The van der Waals surface area contributed by atoms with Gasteiger partial charge in [-0.1, -0.05) is 11.8 Å². The lowest BCUT2D eigenvalue weighted by Crippen LogP contribution is -2.23. The van der Waals surface area contributed by atoms with Crippen molar-refractivity contribution in [2.45, 2.75) is 11.5 Å². The lowest BCUT2D eigenvalue weighted by Gasteiger charge is -2.01. The molecule has 0 saturated heterocycles. The molecular weight excluding hydrogens is 291 g/mol. The van der Waals surface area contributed by atoms with Crippen molar-refractivity contribution in [3.63, 3.8) is 0 Å². The van der Waals surface area contributed by atoms with Crippen LogP contribution in [0.15, 0.2) is 23.2 Å². The number of aromatic hydroxyl groups is 1. The second-order valence-corrected chi connectivity index (χ2v) is 5.96. The molecule has 1 unspecified atom stereocenters. The van der Waals surface area contributed by atoms with Crippen LogP contribution in [0.4, 0.5) is 4.39 Å². The van der Waals surface area contributed by atoms with Crippen molar-refractivity contribution in [1.29, 1.82) is 0 Å². The van der Waals surface area contributed by atoms with E-state index < -0.39 is 17.5 Å². The number of rotatable bonds is 2. The Morgan fingerprint density at radius 1 is 1.42 bits per heavy atom. The van der Waals surface area contributed by atoms with E-state index in [1.54, 1.807) is 12.1 Å². The molecule has 0 fully saturated rings. The average molecular weight is 298 g/mol. The van der Waals surface area contributed by atoms with E-state index in [0.717, 1.165) is 16.5 Å². The predicted molar refractivity (Wildman–Crippen MR) is 71.7 cm³/mol. The highest BCUT2D eigenvalue weighted by atomic mass is 32.2. The lowest BCUT2D eigenvalue weighted by atomic mass is 10.3. The molecule has 1 aliphatic rings. The molecular formula is C11H7FN2O3S2. The Hall–Kier alpha value is -1.67. The normalized spacial score (nSPS) is 22.7. The van der Waals surface area contributed by atoms with Crippen molar-refractivity contribution in [2.75, 3.05) is 0 Å². The first kappa shape index (κ1) is 12.4. The molecule has 3 rings (SSSR count). The number of alkyl halides is 1. The number of carbonyl (C=O) groups is 1. The van der Waals surface area contributed by atoms with E-state index in [1.807, 2.05) is 0 Å². The van der Waals surface area contributed by atoms with Gasteiger partial charge in [0.25, 0.3) is 0 Å². The summed E-state index contributed by atoms with van der Waals surface area (Å²) in [5.41, 5.74) is -0.928. The molecule has 0 radical (unpaired) electrons. The maximum Gasteiger partial charge on any atom is 0.332 e. The van der Waals surface area contributed by atoms with Crippen molar-refractivity contribution in [1.82, 2.24) is 4.98 Å². The molecule has 0 spiro atoms. The summed E-state index contributed by atoms with van der Waals surface area (Å²) in [4.78, 5) is 18.9. The number of phenols is 1. The van der Waals surface area contributed by atoms with E-state index in [1.165, 1.54) is 17.4 Å². The number of hydrogen-bond acceptors (Lipinski definition) is 6. The zero-order chi connectivity index (χ0) is 13.6. The van der Waals surface area contributed by atoms with Crippen molar-refractivity contribution >= 4 is 44.3 Å². The second kappa shape index (κ2) is 4.46. The van der Waals surface area contributed by atoms with Crippen molar-refractivity contribution < 1.29 is 19.4 Å². The molecule has 0 saturated carbocycles. The van der Waals surface area contributed by atoms with Gasteiger partial charge in [-0.25, -0.2) is 14.2 Å². The van der Waals surface area contributed by atoms with Gasteiger partial charge < -0.3 is 10.2 Å². The highest BCUT2D eigenvalue weighted by Crippen LogP contribution is 2.35. The number of benzene rings is 1. The summed E-state index contributed by atoms with van der Waals surface area (Å²) in [6.07, 6.45) is 0. The molecule has 98 valence electrons. The Bertz CT molecular complexity index is 700. The summed E-state index contributed by atoms with van der Waals surface area (Å²) in [5, 5.41) is 18.9. The first-order valence-electron chi connectivity index (χ1n) is 5.26. The Morgan fingerprint density at radius 3 is 2.89 bits per heavy atom. The third kappa shape index (κ3) is 2.17. The van der Waals surface area contributed by atoms with E-state index in [-0.39, 0.29) is 5.75 Å². The quantitative estimate of drug-likeness (QED) is 0.888. The number of thiazole rings is 1. The zero-order valence-electron chi connectivity index (χ0n) is 9.28. The molecule has 8 heteroatoms. The van der Waals surface area contributed by atoms with Crippen LogP contribution < -0.4 is 0 Å². The standard InChI is InChI=1S/C11H7FN2O3S2/c12-8-7(11(16)17)14-10(19-8)9-13-5-2-1-4(15)3-6(5)18-9/h1-3,7-8,15H,(H,16,17)/t7-,8?/m1/s1. The van der Waals surface area contributed by atoms with Crippen molar-refractivity contribution in [3.8, 4) is 5.75 Å². The molecule has 0 amide bonds. The molecule has 5 nitrogen and oxygen atoms in total. The number of thioether (sulfide) groups is 1. The number of phenolic OH excluding ortho intramolecular Hbond substituents is 1. The van der Waals surface area contributed by atoms with Crippen LogP contribution in [0, 0.1) is 0 Å². The Kier molecular flexibility index (Phi) is 2.90. The average Bonchev–Trinajstić information content (AvgIpc) is 2.91. The van der Waals surface area contributed by atoms with Crippen LogP contribution in [0.3, 0.4) is 0 Å². The Labute approximate surface area is 114 Å². The minimum absolute atomic E-state index is 0.121. The topological polar surface area (TPSA) is 82.8 Å². The summed E-state index contributed by atoms with van der Waals surface area (Å²) >= 11 is 2.00. The number of aliphatic imine (C=N–C) groups is 1. The minimum atomic E-state index is -1.59. The zero-order valence-corrected chi connectivity index (χ0v) is 10.9. The molecule has 19 heavy (non-hydrogen) atoms. The van der Waals surface area contributed by atoms with E-state index in [4.69, 9.17) is 5.11 Å².